The van der Waals surface area contributed by atoms with Crippen molar-refractivity contribution in [2.45, 2.75) is 33.2 Å². The van der Waals surface area contributed by atoms with Crippen molar-refractivity contribution in [3.05, 3.63) is 11.9 Å². The van der Waals surface area contributed by atoms with Crippen LogP contribution in [0.4, 0.5) is 0 Å². The minimum Gasteiger partial charge on any atom is -0.218 e. The van der Waals surface area contributed by atoms with E-state index < -0.39 is 0 Å². The molecule has 0 radical (unpaired) electrons. The number of nitrogens with zero attached hydrogens (tertiary/aromatic N) is 1. The van der Waals surface area contributed by atoms with E-state index in [1.54, 1.807) is 0 Å². The van der Waals surface area contributed by atoms with Gasteiger partial charge in [-0.05, 0) is 13.8 Å². The van der Waals surface area contributed by atoms with Crippen molar-refractivity contribution in [1.82, 2.24) is 10.9 Å². The lowest BCUT2D eigenvalue weighted by atomic mass is 10.2. The van der Waals surface area contributed by atoms with Crippen LogP contribution in [-0.4, -0.2) is 17.8 Å². The maximum atomic E-state index is 3.37. The number of allylic oxidation sites excluding steroid dienone is 1. The maximum Gasteiger partial charge on any atom is 0.132 e. The Labute approximate surface area is 68.6 Å². The Balaban J connectivity index is 2.58. The second kappa shape index (κ2) is 2.74. The van der Waals surface area contributed by atoms with E-state index >= 15 is 0 Å². The first-order chi connectivity index (χ1) is 5.08. The van der Waals surface area contributed by atoms with Gasteiger partial charge in [-0.3, -0.25) is 0 Å². The SMILES string of the molecule is CC[C@H](C)[N+]1(C)NC=C(C)N1. The third-order valence-electron chi connectivity index (χ3n) is 2.43. The van der Waals surface area contributed by atoms with Gasteiger partial charge >= 0.3 is 0 Å². The Morgan fingerprint density at radius 2 is 2.27 bits per heavy atom. The molecule has 2 N–H and O–H groups in total. The normalized spacial score (nSPS) is 32.2. The summed E-state index contributed by atoms with van der Waals surface area (Å²) in [6, 6.07) is 0.587. The molecule has 0 saturated heterocycles. The zero-order chi connectivity index (χ0) is 8.48. The number of quaternary nitrogens is 1. The predicted molar refractivity (Wildman–Crippen MR) is 46.0 cm³/mol. The summed E-state index contributed by atoms with van der Waals surface area (Å²) in [4.78, 5) is 0. The molecule has 2 atom stereocenters. The molecule has 3 heteroatoms. The lowest BCUT2D eigenvalue weighted by Crippen LogP contribution is -2.61. The molecule has 64 valence electrons. The van der Waals surface area contributed by atoms with Gasteiger partial charge in [-0.15, -0.1) is 4.70 Å². The van der Waals surface area contributed by atoms with E-state index in [1.165, 1.54) is 5.70 Å². The summed E-state index contributed by atoms with van der Waals surface area (Å²) in [5, 5.41) is 0. The van der Waals surface area contributed by atoms with Crippen molar-refractivity contribution in [3.63, 3.8) is 0 Å². The van der Waals surface area contributed by atoms with Gasteiger partial charge in [0.25, 0.3) is 0 Å². The van der Waals surface area contributed by atoms with E-state index in [0.29, 0.717) is 6.04 Å². The third-order valence-corrected chi connectivity index (χ3v) is 2.43. The molecule has 0 bridgehead atoms. The molecule has 0 aromatic carbocycles. The second-order valence-corrected chi connectivity index (χ2v) is 3.40. The Hall–Kier alpha value is -0.700. The van der Waals surface area contributed by atoms with E-state index in [2.05, 4.69) is 38.7 Å². The summed E-state index contributed by atoms with van der Waals surface area (Å²) in [5.74, 6) is 0. The van der Waals surface area contributed by atoms with Crippen LogP contribution in [0.15, 0.2) is 11.9 Å². The molecular weight excluding hydrogens is 138 g/mol. The first kappa shape index (κ1) is 8.40. The van der Waals surface area contributed by atoms with E-state index in [1.807, 2.05) is 6.20 Å². The molecule has 0 aromatic heterocycles. The standard InChI is InChI=1S/C8H18N3/c1-5-8(3)11(4)9-6-7(2)10-11/h6,8-10H,5H2,1-4H3/q+1/t8-,11?/m0/s1. The van der Waals surface area contributed by atoms with Gasteiger partial charge in [0.15, 0.2) is 0 Å². The second-order valence-electron chi connectivity index (χ2n) is 3.40. The molecule has 1 heterocycles. The summed E-state index contributed by atoms with van der Waals surface area (Å²) in [6.45, 7) is 6.50. The Morgan fingerprint density at radius 3 is 2.64 bits per heavy atom. The average Bonchev–Trinajstić information content (AvgIpc) is 2.31. The highest BCUT2D eigenvalue weighted by Crippen LogP contribution is 2.12. The Bertz CT molecular complexity index is 176. The molecule has 0 spiro atoms. The summed E-state index contributed by atoms with van der Waals surface area (Å²) in [7, 11) is 2.14. The van der Waals surface area contributed by atoms with Crippen LogP contribution < -0.4 is 10.9 Å². The zero-order valence-corrected chi connectivity index (χ0v) is 7.81. The van der Waals surface area contributed by atoms with Gasteiger partial charge in [-0.25, -0.2) is 10.9 Å². The molecule has 3 nitrogen and oxygen atoms in total. The highest BCUT2D eigenvalue weighted by molar-refractivity contribution is 4.92. The first-order valence-electron chi connectivity index (χ1n) is 4.17. The van der Waals surface area contributed by atoms with Crippen LogP contribution in [0.2, 0.25) is 0 Å². The Kier molecular flexibility index (Phi) is 2.09. The lowest BCUT2D eigenvalue weighted by Gasteiger charge is -2.33. The van der Waals surface area contributed by atoms with Gasteiger partial charge in [-0.1, -0.05) is 6.92 Å². The molecule has 11 heavy (non-hydrogen) atoms. The minimum absolute atomic E-state index is 0.587. The van der Waals surface area contributed by atoms with Crippen LogP contribution in [0, 0.1) is 0 Å². The predicted octanol–water partition coefficient (Wildman–Crippen LogP) is 1.12. The highest BCUT2D eigenvalue weighted by Gasteiger charge is 2.31. The monoisotopic (exact) mass is 156 g/mol. The third kappa shape index (κ3) is 1.48. The van der Waals surface area contributed by atoms with Crippen LogP contribution in [0.1, 0.15) is 27.2 Å². The fourth-order valence-corrected chi connectivity index (χ4v) is 1.26. The number of hydrogen-bond acceptors (Lipinski definition) is 2. The lowest BCUT2D eigenvalue weighted by molar-refractivity contribution is -0.997. The number of nitrogens with one attached hydrogen (secondary N) is 2. The van der Waals surface area contributed by atoms with Crippen LogP contribution in [0.3, 0.4) is 0 Å². The molecular formula is C8H18N3+. The molecule has 1 aliphatic rings. The van der Waals surface area contributed by atoms with Crippen molar-refractivity contribution >= 4 is 0 Å². The first-order valence-corrected chi connectivity index (χ1v) is 4.17. The van der Waals surface area contributed by atoms with Crippen molar-refractivity contribution < 1.29 is 4.70 Å². The number of hydrogen-bond donors (Lipinski definition) is 2. The van der Waals surface area contributed by atoms with Gasteiger partial charge in [-0.2, -0.15) is 0 Å². The molecule has 0 saturated carbocycles. The maximum absolute atomic E-state index is 3.37. The minimum atomic E-state index is 0.587. The van der Waals surface area contributed by atoms with Crippen LogP contribution >= 0.6 is 0 Å². The van der Waals surface area contributed by atoms with Crippen molar-refractivity contribution in [2.75, 3.05) is 7.05 Å². The topological polar surface area (TPSA) is 24.1 Å². The van der Waals surface area contributed by atoms with Gasteiger partial charge in [0.1, 0.15) is 13.1 Å². The van der Waals surface area contributed by atoms with Crippen LogP contribution in [-0.2, 0) is 0 Å². The largest absolute Gasteiger partial charge is 0.218 e. The van der Waals surface area contributed by atoms with E-state index in [9.17, 15) is 0 Å². The van der Waals surface area contributed by atoms with Gasteiger partial charge in [0, 0.05) is 6.42 Å². The van der Waals surface area contributed by atoms with Gasteiger partial charge < -0.3 is 0 Å². The molecule has 0 aromatic rings. The average molecular weight is 156 g/mol. The molecule has 0 amide bonds. The van der Waals surface area contributed by atoms with Crippen molar-refractivity contribution in [3.8, 4) is 0 Å². The van der Waals surface area contributed by atoms with Crippen molar-refractivity contribution in [2.24, 2.45) is 0 Å². The fourth-order valence-electron chi connectivity index (χ4n) is 1.26. The van der Waals surface area contributed by atoms with Gasteiger partial charge in [0.05, 0.1) is 11.9 Å². The molecule has 1 aliphatic heterocycles. The summed E-state index contributed by atoms with van der Waals surface area (Å²) < 4.78 is 0.725. The number of rotatable bonds is 2. The van der Waals surface area contributed by atoms with Crippen LogP contribution in [0.25, 0.3) is 0 Å². The quantitative estimate of drug-likeness (QED) is 0.585. The summed E-state index contributed by atoms with van der Waals surface area (Å²) in [5.41, 5.74) is 7.87. The Morgan fingerprint density at radius 1 is 1.64 bits per heavy atom. The molecule has 1 rings (SSSR count). The van der Waals surface area contributed by atoms with Crippen molar-refractivity contribution in [1.29, 1.82) is 0 Å². The smallest absolute Gasteiger partial charge is 0.132 e. The van der Waals surface area contributed by atoms with Crippen LogP contribution in [0.5, 0.6) is 0 Å². The van der Waals surface area contributed by atoms with E-state index in [-0.39, 0.29) is 0 Å². The molecule has 0 fully saturated rings. The van der Waals surface area contributed by atoms with E-state index in [4.69, 9.17) is 0 Å². The summed E-state index contributed by atoms with van der Waals surface area (Å²) >= 11 is 0. The zero-order valence-electron chi connectivity index (χ0n) is 7.81. The highest BCUT2D eigenvalue weighted by atomic mass is 15.9. The van der Waals surface area contributed by atoms with E-state index in [0.717, 1.165) is 11.1 Å². The molecule has 0 aliphatic carbocycles. The fraction of sp³-hybridized carbons (Fsp3) is 0.750. The summed E-state index contributed by atoms with van der Waals surface area (Å²) in [6.07, 6.45) is 3.18. The van der Waals surface area contributed by atoms with Gasteiger partial charge in [0.2, 0.25) is 0 Å². The molecule has 1 unspecified atom stereocenters.